The van der Waals surface area contributed by atoms with Crippen molar-refractivity contribution in [2.24, 2.45) is 11.3 Å². The number of esters is 2. The second-order valence-corrected chi connectivity index (χ2v) is 22.9. The van der Waals surface area contributed by atoms with E-state index in [4.69, 9.17) is 37.6 Å². The first-order chi connectivity index (χ1) is 25.3. The summed E-state index contributed by atoms with van der Waals surface area (Å²) in [6.45, 7) is 28.3. The lowest BCUT2D eigenvalue weighted by Gasteiger charge is -2.39. The van der Waals surface area contributed by atoms with E-state index < -0.39 is 55.6 Å². The average molecular weight is 781 g/mol. The van der Waals surface area contributed by atoms with Crippen LogP contribution in [0.5, 0.6) is 17.2 Å². The quantitative estimate of drug-likeness (QED) is 0.0796. The van der Waals surface area contributed by atoms with Crippen molar-refractivity contribution in [3.8, 4) is 17.2 Å². The third-order valence-electron chi connectivity index (χ3n) is 10.3. The summed E-state index contributed by atoms with van der Waals surface area (Å²) in [5.74, 6) is -1.60. The first-order valence-electron chi connectivity index (χ1n) is 19.3. The molecule has 4 rings (SSSR count). The van der Waals surface area contributed by atoms with Gasteiger partial charge < -0.3 is 37.6 Å². The number of hydrogen-bond donors (Lipinski definition) is 0. The van der Waals surface area contributed by atoms with Gasteiger partial charge in [0.05, 0.1) is 25.2 Å². The molecule has 0 N–H and O–H groups in total. The van der Waals surface area contributed by atoms with Gasteiger partial charge in [-0.05, 0) is 101 Å². The summed E-state index contributed by atoms with van der Waals surface area (Å²) < 4.78 is 49.1. The monoisotopic (exact) mass is 780 g/mol. The van der Waals surface area contributed by atoms with Crippen LogP contribution in [-0.4, -0.2) is 63.4 Å². The van der Waals surface area contributed by atoms with Crippen molar-refractivity contribution < 1.29 is 47.2 Å². The summed E-state index contributed by atoms with van der Waals surface area (Å²) >= 11 is 0. The van der Waals surface area contributed by atoms with E-state index in [1.54, 1.807) is 59.9 Å². The van der Waals surface area contributed by atoms with E-state index in [1.807, 2.05) is 44.2 Å². The zero-order valence-electron chi connectivity index (χ0n) is 35.7. The average Bonchev–Trinajstić information content (AvgIpc) is 3.36. The van der Waals surface area contributed by atoms with Crippen molar-refractivity contribution in [2.45, 2.75) is 150 Å². The Balaban J connectivity index is 1.63. The molecule has 0 saturated carbocycles. The van der Waals surface area contributed by atoms with Gasteiger partial charge in [0.1, 0.15) is 35.0 Å². The van der Waals surface area contributed by atoms with E-state index >= 15 is 0 Å². The van der Waals surface area contributed by atoms with Crippen LogP contribution >= 0.6 is 0 Å². The molecular formula is C44H64O10Si. The minimum absolute atomic E-state index is 0.000838. The molecule has 304 valence electrons. The highest BCUT2D eigenvalue weighted by Gasteiger charge is 2.45. The van der Waals surface area contributed by atoms with Crippen molar-refractivity contribution in [3.63, 3.8) is 0 Å². The normalized spacial score (nSPS) is 21.5. The lowest BCUT2D eigenvalue weighted by atomic mass is 9.97. The van der Waals surface area contributed by atoms with Gasteiger partial charge in [0, 0.05) is 26.0 Å². The summed E-state index contributed by atoms with van der Waals surface area (Å²) in [6.07, 6.45) is 7.02. The van der Waals surface area contributed by atoms with Crippen LogP contribution < -0.4 is 14.2 Å². The highest BCUT2D eigenvalue weighted by molar-refractivity contribution is 6.74. The summed E-state index contributed by atoms with van der Waals surface area (Å²) in [7, 11) is -0.340. The van der Waals surface area contributed by atoms with Crippen LogP contribution in [0.15, 0.2) is 54.6 Å². The Morgan fingerprint density at radius 2 is 1.56 bits per heavy atom. The van der Waals surface area contributed by atoms with E-state index in [9.17, 15) is 9.59 Å². The second-order valence-electron chi connectivity index (χ2n) is 18.1. The Morgan fingerprint density at radius 3 is 2.16 bits per heavy atom. The number of methoxy groups -OCH3 is 1. The number of cyclic esters (lactones) is 1. The Kier molecular flexibility index (Phi) is 13.6. The van der Waals surface area contributed by atoms with Crippen LogP contribution in [0.1, 0.15) is 111 Å². The molecule has 1 saturated heterocycles. The van der Waals surface area contributed by atoms with Gasteiger partial charge in [-0.25, -0.2) is 4.79 Å². The van der Waals surface area contributed by atoms with E-state index in [2.05, 4.69) is 59.9 Å². The third-order valence-corrected chi connectivity index (χ3v) is 14.8. The van der Waals surface area contributed by atoms with Gasteiger partial charge in [-0.1, -0.05) is 64.1 Å². The molecule has 11 heteroatoms. The Bertz CT molecular complexity index is 1710. The number of carbonyl (C=O) groups excluding carboxylic acids is 2. The Hall–Kier alpha value is -3.48. The fourth-order valence-corrected chi connectivity index (χ4v) is 7.43. The second kappa shape index (κ2) is 16.9. The fourth-order valence-electron chi connectivity index (χ4n) is 5.94. The first kappa shape index (κ1) is 44.2. The highest BCUT2D eigenvalue weighted by Crippen LogP contribution is 2.40. The molecule has 2 aliphatic heterocycles. The predicted octanol–water partition coefficient (Wildman–Crippen LogP) is 10.0. The van der Waals surface area contributed by atoms with Crippen molar-refractivity contribution in [3.05, 3.63) is 71.3 Å². The van der Waals surface area contributed by atoms with Gasteiger partial charge >= 0.3 is 11.9 Å². The van der Waals surface area contributed by atoms with Gasteiger partial charge in [0.25, 0.3) is 0 Å². The fraction of sp³-hybridized carbons (Fsp3) is 0.591. The van der Waals surface area contributed by atoms with Gasteiger partial charge in [0.2, 0.25) is 5.79 Å². The van der Waals surface area contributed by atoms with E-state index in [1.165, 1.54) is 0 Å². The molecule has 0 bridgehead atoms. The molecule has 1 unspecified atom stereocenters. The molecule has 5 atom stereocenters. The molecule has 0 spiro atoms. The molecular weight excluding hydrogens is 717 g/mol. The van der Waals surface area contributed by atoms with E-state index in [-0.39, 0.29) is 34.1 Å². The molecule has 55 heavy (non-hydrogen) atoms. The van der Waals surface area contributed by atoms with E-state index in [0.717, 1.165) is 11.3 Å². The van der Waals surface area contributed by atoms with E-state index in [0.29, 0.717) is 18.6 Å². The number of rotatable bonds is 14. The van der Waals surface area contributed by atoms with Crippen molar-refractivity contribution in [1.29, 1.82) is 0 Å². The van der Waals surface area contributed by atoms with Crippen LogP contribution in [0.4, 0.5) is 0 Å². The summed E-state index contributed by atoms with van der Waals surface area (Å²) in [5, 5.41) is 0.0947. The third kappa shape index (κ3) is 11.8. The summed E-state index contributed by atoms with van der Waals surface area (Å²) in [5.41, 5.74) is 0.991. The molecule has 0 amide bonds. The molecule has 2 heterocycles. The van der Waals surface area contributed by atoms with Crippen LogP contribution in [0.3, 0.4) is 0 Å². The van der Waals surface area contributed by atoms with Crippen LogP contribution in [-0.2, 0) is 34.8 Å². The number of benzene rings is 2. The Morgan fingerprint density at radius 1 is 0.909 bits per heavy atom. The molecule has 0 radical (unpaired) electrons. The number of carbonyl (C=O) groups is 2. The van der Waals surface area contributed by atoms with Crippen LogP contribution in [0.2, 0.25) is 18.1 Å². The highest BCUT2D eigenvalue weighted by atomic mass is 28.4. The van der Waals surface area contributed by atoms with Gasteiger partial charge in [-0.15, -0.1) is 0 Å². The standard InChI is InChI=1S/C44H64O10Si/c1-28(29(2)54-55(14,15)42(6,7)8)19-24-34(48-27-30-20-22-32(47-13)23-21-30)38-35(50-43(9,10)52-38)18-16-17-31-25-33(49-40(46)41(3,4)5)26-36-37(31)39(45)53-44(11,12)51-36/h16-17,19-26,28-29,34-35,38H,18,27H2,1-15H3/t28-,29+,34?,35+,38-/m1/s1. The molecule has 0 aromatic heterocycles. The summed E-state index contributed by atoms with van der Waals surface area (Å²) in [4.78, 5) is 26.1. The molecule has 10 nitrogen and oxygen atoms in total. The maximum absolute atomic E-state index is 13.3. The maximum Gasteiger partial charge on any atom is 0.345 e. The number of hydrogen-bond acceptors (Lipinski definition) is 10. The topological polar surface area (TPSA) is 108 Å². The minimum Gasteiger partial charge on any atom is -0.497 e. The predicted molar refractivity (Wildman–Crippen MR) is 217 cm³/mol. The summed E-state index contributed by atoms with van der Waals surface area (Å²) in [6, 6.07) is 11.0. The van der Waals surface area contributed by atoms with Gasteiger partial charge in [-0.3, -0.25) is 4.79 Å². The smallest absolute Gasteiger partial charge is 0.345 e. The molecule has 0 aliphatic carbocycles. The van der Waals surface area contributed by atoms with Crippen LogP contribution in [0, 0.1) is 11.3 Å². The molecule has 2 aromatic rings. The van der Waals surface area contributed by atoms with Crippen molar-refractivity contribution in [1.82, 2.24) is 0 Å². The zero-order chi connectivity index (χ0) is 41.1. The number of fused-ring (bicyclic) bond motifs is 1. The Labute approximate surface area is 330 Å². The lowest BCUT2D eigenvalue weighted by molar-refractivity contribution is -0.156. The largest absolute Gasteiger partial charge is 0.497 e. The van der Waals surface area contributed by atoms with Crippen molar-refractivity contribution >= 4 is 26.3 Å². The first-order valence-corrected chi connectivity index (χ1v) is 22.2. The van der Waals surface area contributed by atoms with Crippen molar-refractivity contribution in [2.75, 3.05) is 7.11 Å². The molecule has 2 aromatic carbocycles. The minimum atomic E-state index is -1.98. The van der Waals surface area contributed by atoms with Gasteiger partial charge in [-0.2, -0.15) is 0 Å². The molecule has 2 aliphatic rings. The van der Waals surface area contributed by atoms with Crippen LogP contribution in [0.25, 0.3) is 6.08 Å². The van der Waals surface area contributed by atoms with Gasteiger partial charge in [0.15, 0.2) is 14.1 Å². The SMILES string of the molecule is COc1ccc(COC(C=C[C@@H](C)[C@H](C)O[Si](C)(C)C(C)(C)C)[C@H]2OC(C)(C)O[C@H]2CC=Cc2cc(OC(=O)C(C)(C)C)cc3c2C(=O)OC(C)(C)O3)cc1. The lowest BCUT2D eigenvalue weighted by Crippen LogP contribution is -2.44. The number of ether oxygens (including phenoxy) is 7. The maximum atomic E-state index is 13.3. The zero-order valence-corrected chi connectivity index (χ0v) is 36.7. The molecule has 1 fully saturated rings.